The first-order chi connectivity index (χ1) is 11.3. The van der Waals surface area contributed by atoms with Gasteiger partial charge in [0, 0.05) is 0 Å². The van der Waals surface area contributed by atoms with Gasteiger partial charge in [-0.15, -0.1) is 0 Å². The summed E-state index contributed by atoms with van der Waals surface area (Å²) in [7, 11) is -4.01. The number of anilines is 1. The molecule has 0 unspecified atom stereocenters. The molecule has 0 aliphatic carbocycles. The minimum absolute atomic E-state index is 0.0687. The molecule has 2 aromatic carbocycles. The fraction of sp³-hybridized carbons (Fsp3) is 0.125. The second-order valence-electron chi connectivity index (χ2n) is 5.29. The zero-order chi connectivity index (χ0) is 17.5. The molecule has 0 fully saturated rings. The summed E-state index contributed by atoms with van der Waals surface area (Å²) in [5.74, 6) is -1.35. The van der Waals surface area contributed by atoms with E-state index >= 15 is 0 Å². The van der Waals surface area contributed by atoms with E-state index in [0.29, 0.717) is 15.0 Å². The summed E-state index contributed by atoms with van der Waals surface area (Å²) >= 11 is 6.03. The summed E-state index contributed by atoms with van der Waals surface area (Å²) in [6.45, 7) is 1.15. The van der Waals surface area contributed by atoms with Gasteiger partial charge in [-0.25, -0.2) is 12.7 Å². The van der Waals surface area contributed by atoms with Crippen LogP contribution in [0.5, 0.6) is 0 Å². The van der Waals surface area contributed by atoms with E-state index in [9.17, 15) is 18.0 Å². The Morgan fingerprint density at radius 2 is 1.88 bits per heavy atom. The summed E-state index contributed by atoms with van der Waals surface area (Å²) in [5.41, 5.74) is 1.19. The van der Waals surface area contributed by atoms with Gasteiger partial charge < -0.3 is 5.32 Å². The number of fused-ring (bicyclic) bond motifs is 1. The van der Waals surface area contributed by atoms with E-state index < -0.39 is 28.4 Å². The molecule has 2 aromatic rings. The van der Waals surface area contributed by atoms with Gasteiger partial charge in [-0.2, -0.15) is 0 Å². The maximum absolute atomic E-state index is 12.4. The van der Waals surface area contributed by atoms with Gasteiger partial charge in [0.05, 0.1) is 16.3 Å². The van der Waals surface area contributed by atoms with Crippen LogP contribution in [0.15, 0.2) is 47.4 Å². The lowest BCUT2D eigenvalue weighted by atomic mass is 10.2. The molecule has 0 radical (unpaired) electrons. The normalized spacial score (nSPS) is 15.2. The van der Waals surface area contributed by atoms with Gasteiger partial charge in [0.25, 0.3) is 15.9 Å². The Morgan fingerprint density at radius 1 is 1.17 bits per heavy atom. The van der Waals surface area contributed by atoms with Gasteiger partial charge in [0.1, 0.15) is 11.4 Å². The molecule has 0 aromatic heterocycles. The number of hydrogen-bond acceptors (Lipinski definition) is 4. The van der Waals surface area contributed by atoms with Crippen LogP contribution in [0.1, 0.15) is 15.9 Å². The molecule has 24 heavy (non-hydrogen) atoms. The molecule has 1 aliphatic heterocycles. The zero-order valence-electron chi connectivity index (χ0n) is 12.6. The van der Waals surface area contributed by atoms with Crippen molar-refractivity contribution in [2.24, 2.45) is 0 Å². The van der Waals surface area contributed by atoms with E-state index in [0.717, 1.165) is 5.56 Å². The molecule has 0 atom stereocenters. The van der Waals surface area contributed by atoms with Crippen molar-refractivity contribution in [3.05, 3.63) is 58.6 Å². The molecule has 0 spiro atoms. The van der Waals surface area contributed by atoms with E-state index in [2.05, 4.69) is 5.32 Å². The first-order valence-corrected chi connectivity index (χ1v) is 8.85. The third-order valence-corrected chi connectivity index (χ3v) is 5.79. The van der Waals surface area contributed by atoms with Crippen LogP contribution < -0.4 is 5.32 Å². The minimum Gasteiger partial charge on any atom is -0.323 e. The Morgan fingerprint density at radius 3 is 2.54 bits per heavy atom. The van der Waals surface area contributed by atoms with Crippen molar-refractivity contribution in [3.63, 3.8) is 0 Å². The maximum Gasteiger partial charge on any atom is 0.269 e. The number of amides is 2. The maximum atomic E-state index is 12.4. The second-order valence-corrected chi connectivity index (χ2v) is 7.53. The van der Waals surface area contributed by atoms with Crippen molar-refractivity contribution in [3.8, 4) is 0 Å². The molecular formula is C16H13ClN2O4S. The highest BCUT2D eigenvalue weighted by Gasteiger charge is 2.41. The number of benzene rings is 2. The van der Waals surface area contributed by atoms with Gasteiger partial charge in [-0.1, -0.05) is 35.9 Å². The molecule has 124 valence electrons. The summed E-state index contributed by atoms with van der Waals surface area (Å²) in [5, 5.41) is 2.90. The molecule has 0 bridgehead atoms. The fourth-order valence-electron chi connectivity index (χ4n) is 2.49. The lowest BCUT2D eigenvalue weighted by molar-refractivity contribution is -0.116. The Balaban J connectivity index is 1.85. The Hall–Kier alpha value is -2.38. The number of rotatable bonds is 3. The van der Waals surface area contributed by atoms with Crippen LogP contribution in [0.2, 0.25) is 5.02 Å². The molecule has 1 N–H and O–H groups in total. The Bertz CT molecular complexity index is 936. The largest absolute Gasteiger partial charge is 0.323 e. The average molecular weight is 365 g/mol. The van der Waals surface area contributed by atoms with Crippen LogP contribution in [-0.2, 0) is 14.8 Å². The molecule has 0 saturated heterocycles. The van der Waals surface area contributed by atoms with E-state index in [1.54, 1.807) is 31.2 Å². The van der Waals surface area contributed by atoms with Crippen molar-refractivity contribution >= 4 is 39.1 Å². The highest BCUT2D eigenvalue weighted by Crippen LogP contribution is 2.30. The van der Waals surface area contributed by atoms with Crippen molar-refractivity contribution in [1.82, 2.24) is 4.31 Å². The Kier molecular flexibility index (Phi) is 4.06. The predicted molar refractivity (Wildman–Crippen MR) is 89.5 cm³/mol. The van der Waals surface area contributed by atoms with Crippen LogP contribution in [0, 0.1) is 6.92 Å². The summed E-state index contributed by atoms with van der Waals surface area (Å²) in [6.07, 6.45) is 0. The summed E-state index contributed by atoms with van der Waals surface area (Å²) < 4.78 is 25.4. The van der Waals surface area contributed by atoms with Crippen LogP contribution in [-0.4, -0.2) is 31.1 Å². The molecule has 1 aliphatic rings. The fourth-order valence-corrected chi connectivity index (χ4v) is 4.28. The van der Waals surface area contributed by atoms with Crippen LogP contribution >= 0.6 is 11.6 Å². The van der Waals surface area contributed by atoms with Crippen molar-refractivity contribution in [2.75, 3.05) is 11.9 Å². The number of carbonyl (C=O) groups is 2. The average Bonchev–Trinajstić information content (AvgIpc) is 2.73. The molecule has 0 saturated carbocycles. The van der Waals surface area contributed by atoms with Crippen LogP contribution in [0.3, 0.4) is 0 Å². The summed E-state index contributed by atoms with van der Waals surface area (Å²) in [4.78, 5) is 24.4. The number of nitrogens with one attached hydrogen (secondary N) is 1. The highest BCUT2D eigenvalue weighted by molar-refractivity contribution is 7.90. The van der Waals surface area contributed by atoms with Crippen LogP contribution in [0.4, 0.5) is 5.69 Å². The van der Waals surface area contributed by atoms with Crippen molar-refractivity contribution in [2.45, 2.75) is 11.8 Å². The number of aryl methyl sites for hydroxylation is 1. The van der Waals surface area contributed by atoms with E-state index in [4.69, 9.17) is 11.6 Å². The molecule has 6 nitrogen and oxygen atoms in total. The molecule has 1 heterocycles. The number of carbonyl (C=O) groups excluding carboxylic acids is 2. The summed E-state index contributed by atoms with van der Waals surface area (Å²) in [6, 6.07) is 11.0. The van der Waals surface area contributed by atoms with Gasteiger partial charge >= 0.3 is 0 Å². The standard InChI is InChI=1S/C16H13ClN2O4S/c1-10-5-4-7-12(17)15(10)18-14(20)9-19-16(21)11-6-2-3-8-13(11)24(19,22)23/h2-8H,9H2,1H3,(H,18,20). The molecular weight excluding hydrogens is 352 g/mol. The smallest absolute Gasteiger partial charge is 0.269 e. The third kappa shape index (κ3) is 2.65. The van der Waals surface area contributed by atoms with Crippen molar-refractivity contribution in [1.29, 1.82) is 0 Å². The predicted octanol–water partition coefficient (Wildman–Crippen LogP) is 2.43. The third-order valence-electron chi connectivity index (χ3n) is 3.69. The van der Waals surface area contributed by atoms with Gasteiger partial charge in [0.15, 0.2) is 0 Å². The van der Waals surface area contributed by atoms with Crippen LogP contribution in [0.25, 0.3) is 0 Å². The molecule has 2 amide bonds. The second kappa shape index (κ2) is 5.92. The monoisotopic (exact) mass is 364 g/mol. The SMILES string of the molecule is Cc1cccc(Cl)c1NC(=O)CN1C(=O)c2ccccc2S1(=O)=O. The first kappa shape index (κ1) is 16.5. The lowest BCUT2D eigenvalue weighted by Crippen LogP contribution is -2.37. The zero-order valence-corrected chi connectivity index (χ0v) is 14.2. The molecule has 3 rings (SSSR count). The number of hydrogen-bond donors (Lipinski definition) is 1. The van der Waals surface area contributed by atoms with E-state index in [-0.39, 0.29) is 10.5 Å². The quantitative estimate of drug-likeness (QED) is 0.906. The number of nitrogens with zero attached hydrogens (tertiary/aromatic N) is 1. The van der Waals surface area contributed by atoms with Crippen molar-refractivity contribution < 1.29 is 18.0 Å². The lowest BCUT2D eigenvalue weighted by Gasteiger charge is -2.16. The first-order valence-electron chi connectivity index (χ1n) is 7.03. The molecule has 8 heteroatoms. The highest BCUT2D eigenvalue weighted by atomic mass is 35.5. The van der Waals surface area contributed by atoms with E-state index in [1.807, 2.05) is 0 Å². The minimum atomic E-state index is -4.01. The van der Waals surface area contributed by atoms with Gasteiger partial charge in [-0.05, 0) is 30.7 Å². The van der Waals surface area contributed by atoms with Gasteiger partial charge in [-0.3, -0.25) is 9.59 Å². The topological polar surface area (TPSA) is 83.6 Å². The van der Waals surface area contributed by atoms with Gasteiger partial charge in [0.2, 0.25) is 5.91 Å². The number of sulfonamides is 1. The number of para-hydroxylation sites is 1. The number of halogens is 1. The Labute approximate surface area is 144 Å². The van der Waals surface area contributed by atoms with E-state index in [1.165, 1.54) is 18.2 Å².